The highest BCUT2D eigenvalue weighted by molar-refractivity contribution is 5.89. The molecule has 2 unspecified atom stereocenters. The van der Waals surface area contributed by atoms with E-state index < -0.39 is 0 Å². The Morgan fingerprint density at radius 3 is 2.74 bits per heavy atom. The number of nitriles is 2. The second kappa shape index (κ2) is 9.36. The number of aromatic amines is 1. The number of nitrogens with one attached hydrogen (secondary N) is 1. The summed E-state index contributed by atoms with van der Waals surface area (Å²) in [5.41, 5.74) is 6.87. The highest BCUT2D eigenvalue weighted by atomic mass is 16.5. The van der Waals surface area contributed by atoms with E-state index >= 15 is 0 Å². The maximum Gasteiger partial charge on any atom is 0.197 e. The minimum atomic E-state index is 0.241. The van der Waals surface area contributed by atoms with Crippen LogP contribution >= 0.6 is 0 Å². The van der Waals surface area contributed by atoms with E-state index in [2.05, 4.69) is 53.2 Å². The third-order valence-electron chi connectivity index (χ3n) is 7.02. The minimum Gasteiger partial charge on any atom is -0.493 e. The second-order valence-corrected chi connectivity index (χ2v) is 9.41. The van der Waals surface area contributed by atoms with Crippen molar-refractivity contribution in [3.8, 4) is 29.1 Å². The lowest BCUT2D eigenvalue weighted by Crippen LogP contribution is -2.34. The first-order valence-corrected chi connectivity index (χ1v) is 11.9. The lowest BCUT2D eigenvalue weighted by molar-refractivity contribution is 0.247. The molecule has 1 saturated carbocycles. The molecule has 4 aromatic heterocycles. The van der Waals surface area contributed by atoms with Crippen LogP contribution in [-0.2, 0) is 0 Å². The molecule has 0 bridgehead atoms. The van der Waals surface area contributed by atoms with Crippen molar-refractivity contribution in [3.05, 3.63) is 42.0 Å². The summed E-state index contributed by atoms with van der Waals surface area (Å²) in [6.45, 7) is 4.93. The third-order valence-corrected chi connectivity index (χ3v) is 7.02. The smallest absolute Gasteiger partial charge is 0.197 e. The minimum absolute atomic E-state index is 0.241. The van der Waals surface area contributed by atoms with Gasteiger partial charge in [0, 0.05) is 35.0 Å². The Morgan fingerprint density at radius 2 is 2.03 bits per heavy atom. The molecule has 1 N–H and O–H groups in total. The van der Waals surface area contributed by atoms with Crippen molar-refractivity contribution in [3.63, 3.8) is 0 Å². The molecule has 1 fully saturated rings. The van der Waals surface area contributed by atoms with Crippen molar-refractivity contribution in [1.82, 2.24) is 29.5 Å². The van der Waals surface area contributed by atoms with Crippen LogP contribution < -0.4 is 4.74 Å². The van der Waals surface area contributed by atoms with E-state index in [-0.39, 0.29) is 25.0 Å². The van der Waals surface area contributed by atoms with Gasteiger partial charge in [-0.05, 0) is 43.4 Å². The van der Waals surface area contributed by atoms with Gasteiger partial charge in [-0.15, -0.1) is 0 Å². The molecule has 0 spiro atoms. The van der Waals surface area contributed by atoms with Crippen molar-refractivity contribution < 1.29 is 4.74 Å². The topological polar surface area (TPSA) is 119 Å². The van der Waals surface area contributed by atoms with Crippen molar-refractivity contribution in [2.45, 2.75) is 51.0 Å². The van der Waals surface area contributed by atoms with Crippen molar-refractivity contribution >= 4 is 16.7 Å². The van der Waals surface area contributed by atoms with Crippen LogP contribution in [0.25, 0.3) is 27.9 Å². The van der Waals surface area contributed by atoms with Gasteiger partial charge in [0.1, 0.15) is 6.33 Å². The first-order chi connectivity index (χ1) is 17.0. The Morgan fingerprint density at radius 1 is 1.23 bits per heavy atom. The lowest BCUT2D eigenvalue weighted by atomic mass is 9.97. The number of pyridine rings is 2. The fourth-order valence-electron chi connectivity index (χ4n) is 5.35. The number of nitrogens with zero attached hydrogens (tertiary/aromatic N) is 7. The predicted octanol–water partition coefficient (Wildman–Crippen LogP) is 4.39. The normalized spacial score (nSPS) is 17.9. The first kappa shape index (κ1) is 22.8. The summed E-state index contributed by atoms with van der Waals surface area (Å²) >= 11 is 0. The Bertz CT molecular complexity index is 1440. The summed E-state index contributed by atoms with van der Waals surface area (Å²) in [6, 6.07) is 10.9. The van der Waals surface area contributed by atoms with E-state index in [1.165, 1.54) is 6.33 Å². The third kappa shape index (κ3) is 4.09. The Hall–Kier alpha value is -3.95. The number of hydrogen-bond donors (Lipinski definition) is 1. The molecule has 0 amide bonds. The molecule has 0 aliphatic heterocycles. The van der Waals surface area contributed by atoms with Gasteiger partial charge in [-0.2, -0.15) is 15.6 Å². The largest absolute Gasteiger partial charge is 0.493 e. The summed E-state index contributed by atoms with van der Waals surface area (Å²) in [6.07, 6.45) is 6.37. The van der Waals surface area contributed by atoms with Crippen LogP contribution in [0.15, 0.2) is 30.7 Å². The van der Waals surface area contributed by atoms with Crippen LogP contribution in [0.1, 0.15) is 56.2 Å². The second-order valence-electron chi connectivity index (χ2n) is 9.41. The average Bonchev–Trinajstić information content (AvgIpc) is 3.60. The van der Waals surface area contributed by atoms with E-state index in [9.17, 15) is 0 Å². The molecule has 1 aliphatic carbocycles. The lowest BCUT2D eigenvalue weighted by Gasteiger charge is -2.23. The van der Waals surface area contributed by atoms with Gasteiger partial charge in [-0.1, -0.05) is 13.8 Å². The van der Waals surface area contributed by atoms with E-state index in [1.807, 2.05) is 17.2 Å². The SMILES string of the molecule is COc1cc(-c2[nH]c3ccc(C4CCC(N(CC#N)CC#N)C4)nc3c2C(C)C)cn2ncnc12. The first-order valence-electron chi connectivity index (χ1n) is 11.9. The Kier molecular flexibility index (Phi) is 6.10. The molecule has 4 heterocycles. The average molecular weight is 469 g/mol. The molecule has 35 heavy (non-hydrogen) atoms. The monoisotopic (exact) mass is 468 g/mol. The van der Waals surface area contributed by atoms with Crippen molar-refractivity contribution in [2.75, 3.05) is 20.2 Å². The Balaban J connectivity index is 1.53. The fraction of sp³-hybridized carbons (Fsp3) is 0.423. The fourth-order valence-corrected chi connectivity index (χ4v) is 5.35. The van der Waals surface area contributed by atoms with Crippen LogP contribution in [0.2, 0.25) is 0 Å². The van der Waals surface area contributed by atoms with E-state index in [1.54, 1.807) is 11.6 Å². The molecule has 2 atom stereocenters. The van der Waals surface area contributed by atoms with Crippen LogP contribution in [0, 0.1) is 22.7 Å². The predicted molar refractivity (Wildman–Crippen MR) is 132 cm³/mol. The van der Waals surface area contributed by atoms with E-state index in [0.717, 1.165) is 52.8 Å². The van der Waals surface area contributed by atoms with Crippen molar-refractivity contribution in [2.24, 2.45) is 0 Å². The highest BCUT2D eigenvalue weighted by Gasteiger charge is 2.31. The van der Waals surface area contributed by atoms with Crippen molar-refractivity contribution in [1.29, 1.82) is 10.5 Å². The van der Waals surface area contributed by atoms with Gasteiger partial charge in [0.15, 0.2) is 11.4 Å². The summed E-state index contributed by atoms with van der Waals surface area (Å²) in [5.74, 6) is 1.23. The molecule has 1 aliphatic rings. The number of rotatable bonds is 7. The Labute approximate surface area is 204 Å². The van der Waals surface area contributed by atoms with Gasteiger partial charge in [0.05, 0.1) is 49.1 Å². The molecule has 5 rings (SSSR count). The van der Waals surface area contributed by atoms with Crippen LogP contribution in [0.5, 0.6) is 5.75 Å². The zero-order valence-corrected chi connectivity index (χ0v) is 20.2. The molecule has 4 aromatic rings. The molecule has 178 valence electrons. The van der Waals surface area contributed by atoms with Gasteiger partial charge >= 0.3 is 0 Å². The quantitative estimate of drug-likeness (QED) is 0.400. The zero-order chi connectivity index (χ0) is 24.5. The maximum atomic E-state index is 9.15. The summed E-state index contributed by atoms with van der Waals surface area (Å²) < 4.78 is 7.31. The van der Waals surface area contributed by atoms with Gasteiger partial charge in [-0.3, -0.25) is 9.88 Å². The number of fused-ring (bicyclic) bond motifs is 2. The number of ether oxygens (including phenoxy) is 1. The molecule has 0 aromatic carbocycles. The molecule has 9 heteroatoms. The van der Waals surface area contributed by atoms with E-state index in [4.69, 9.17) is 20.2 Å². The molecule has 9 nitrogen and oxygen atoms in total. The molecular formula is C26H28N8O. The van der Waals surface area contributed by atoms with Gasteiger partial charge in [-0.25, -0.2) is 9.50 Å². The van der Waals surface area contributed by atoms with Gasteiger partial charge < -0.3 is 9.72 Å². The van der Waals surface area contributed by atoms with Gasteiger partial charge in [0.25, 0.3) is 0 Å². The maximum absolute atomic E-state index is 9.15. The number of hydrogen-bond acceptors (Lipinski definition) is 7. The molecular weight excluding hydrogens is 440 g/mol. The van der Waals surface area contributed by atoms with Crippen LogP contribution in [0.3, 0.4) is 0 Å². The highest BCUT2D eigenvalue weighted by Crippen LogP contribution is 2.40. The summed E-state index contributed by atoms with van der Waals surface area (Å²) in [4.78, 5) is 15.0. The number of aromatic nitrogens is 5. The van der Waals surface area contributed by atoms with E-state index in [0.29, 0.717) is 17.3 Å². The summed E-state index contributed by atoms with van der Waals surface area (Å²) in [5, 5.41) is 22.6. The number of H-pyrrole nitrogens is 1. The standard InChI is InChI=1S/C26H28N8O/c1-16(2)23-24(18-13-22(35-3)26-29-15-30-34(26)14-18)32-21-7-6-20(31-25(21)23)17-4-5-19(12-17)33(10-8-27)11-9-28/h6-7,13-17,19,32H,4-5,10-12H2,1-3H3. The summed E-state index contributed by atoms with van der Waals surface area (Å²) in [7, 11) is 1.64. The molecule has 0 radical (unpaired) electrons. The van der Waals surface area contributed by atoms with Crippen LogP contribution in [0.4, 0.5) is 0 Å². The van der Waals surface area contributed by atoms with Gasteiger partial charge in [0.2, 0.25) is 0 Å². The molecule has 0 saturated heterocycles. The number of methoxy groups -OCH3 is 1. The van der Waals surface area contributed by atoms with Crippen LogP contribution in [-0.4, -0.2) is 55.7 Å². The zero-order valence-electron chi connectivity index (χ0n) is 20.2.